The van der Waals surface area contributed by atoms with E-state index in [1.54, 1.807) is 24.4 Å². The first kappa shape index (κ1) is 18.9. The lowest BCUT2D eigenvalue weighted by Crippen LogP contribution is -2.34. The van der Waals surface area contributed by atoms with E-state index < -0.39 is 11.2 Å². The number of hydrogen-bond acceptors (Lipinski definition) is 4. The molecule has 0 saturated heterocycles. The predicted molar refractivity (Wildman–Crippen MR) is 107 cm³/mol. The third-order valence-corrected chi connectivity index (χ3v) is 5.24. The van der Waals surface area contributed by atoms with E-state index in [0.29, 0.717) is 26.9 Å². The molecule has 2 aromatic rings. The average molecular weight is 428 g/mol. The van der Waals surface area contributed by atoms with Crippen LogP contribution in [0.1, 0.15) is 44.4 Å². The van der Waals surface area contributed by atoms with Crippen molar-refractivity contribution >= 4 is 33.1 Å². The maximum atomic E-state index is 12.5. The summed E-state index contributed by atoms with van der Waals surface area (Å²) in [7, 11) is 0. The normalized spacial score (nSPS) is 14.8. The number of fused-ring (bicyclic) bond motifs is 1. The lowest BCUT2D eigenvalue weighted by molar-refractivity contribution is -0.114. The van der Waals surface area contributed by atoms with Crippen LogP contribution in [0.2, 0.25) is 0 Å². The highest BCUT2D eigenvalue weighted by molar-refractivity contribution is 9.10. The van der Waals surface area contributed by atoms with Gasteiger partial charge in [0.15, 0.2) is 0 Å². The van der Waals surface area contributed by atoms with E-state index in [9.17, 15) is 14.9 Å². The molecule has 1 aromatic carbocycles. The number of nitriles is 1. The molecule has 2 heterocycles. The van der Waals surface area contributed by atoms with Gasteiger partial charge in [0, 0.05) is 28.7 Å². The Balaban J connectivity index is 2.43. The minimum atomic E-state index is -0.633. The van der Waals surface area contributed by atoms with Crippen LogP contribution in [-0.2, 0) is 4.79 Å². The molecule has 0 fully saturated rings. The molecule has 1 aliphatic heterocycles. The summed E-state index contributed by atoms with van der Waals surface area (Å²) in [4.78, 5) is 26.8. The van der Waals surface area contributed by atoms with Gasteiger partial charge in [-0.1, -0.05) is 0 Å². The molecule has 0 bridgehead atoms. The Bertz CT molecular complexity index is 1090. The fourth-order valence-electron chi connectivity index (χ4n) is 3.11. The number of amides is 1. The van der Waals surface area contributed by atoms with Gasteiger partial charge in [0.25, 0.3) is 5.56 Å². The fraction of sp³-hybridized carbons (Fsp3) is 0.250. The van der Waals surface area contributed by atoms with Crippen LogP contribution in [0.3, 0.4) is 0 Å². The Morgan fingerprint density at radius 3 is 2.70 bits per heavy atom. The van der Waals surface area contributed by atoms with Crippen molar-refractivity contribution < 1.29 is 9.53 Å². The SMILES string of the molecule is CC(=O)Nc1c(C2=C(C)C(C)(C)Oc3ccc(C#N)cc32)c(Br)c[nH]c1=O. The highest BCUT2D eigenvalue weighted by Crippen LogP contribution is 2.46. The minimum absolute atomic E-state index is 0.150. The van der Waals surface area contributed by atoms with E-state index in [1.807, 2.05) is 20.8 Å². The number of aromatic amines is 1. The van der Waals surface area contributed by atoms with E-state index >= 15 is 0 Å². The number of anilines is 1. The summed E-state index contributed by atoms with van der Waals surface area (Å²) in [6, 6.07) is 7.30. The Morgan fingerprint density at radius 2 is 2.07 bits per heavy atom. The molecule has 7 heteroatoms. The van der Waals surface area contributed by atoms with Gasteiger partial charge in [0.1, 0.15) is 17.0 Å². The van der Waals surface area contributed by atoms with Gasteiger partial charge in [-0.3, -0.25) is 9.59 Å². The summed E-state index contributed by atoms with van der Waals surface area (Å²) >= 11 is 3.50. The third kappa shape index (κ3) is 3.28. The number of hydrogen-bond donors (Lipinski definition) is 2. The summed E-state index contributed by atoms with van der Waals surface area (Å²) in [5, 5.41) is 11.9. The number of halogens is 1. The minimum Gasteiger partial charge on any atom is -0.483 e. The second kappa shape index (κ2) is 6.71. The van der Waals surface area contributed by atoms with Gasteiger partial charge in [-0.05, 0) is 66.0 Å². The van der Waals surface area contributed by atoms with E-state index in [2.05, 4.69) is 32.3 Å². The quantitative estimate of drug-likeness (QED) is 0.757. The van der Waals surface area contributed by atoms with Crippen molar-refractivity contribution in [3.8, 4) is 11.8 Å². The first-order chi connectivity index (χ1) is 12.7. The van der Waals surface area contributed by atoms with Crippen molar-refractivity contribution in [2.24, 2.45) is 0 Å². The molecule has 0 spiro atoms. The molecular weight excluding hydrogens is 410 g/mol. The van der Waals surface area contributed by atoms with E-state index in [-0.39, 0.29) is 11.6 Å². The maximum absolute atomic E-state index is 12.5. The Kier molecular flexibility index (Phi) is 4.70. The maximum Gasteiger partial charge on any atom is 0.272 e. The van der Waals surface area contributed by atoms with E-state index in [4.69, 9.17) is 4.74 Å². The zero-order valence-electron chi connectivity index (χ0n) is 15.4. The smallest absolute Gasteiger partial charge is 0.272 e. The first-order valence-corrected chi connectivity index (χ1v) is 9.09. The van der Waals surface area contributed by atoms with Gasteiger partial charge in [-0.25, -0.2) is 0 Å². The summed E-state index contributed by atoms with van der Waals surface area (Å²) in [6.45, 7) is 7.13. The molecule has 1 amide bonds. The predicted octanol–water partition coefficient (Wildman–Crippen LogP) is 3.96. The number of carbonyl (C=O) groups is 1. The second-order valence-electron chi connectivity index (χ2n) is 6.83. The molecule has 1 aromatic heterocycles. The number of aromatic nitrogens is 1. The Morgan fingerprint density at radius 1 is 1.37 bits per heavy atom. The van der Waals surface area contributed by atoms with Gasteiger partial charge < -0.3 is 15.0 Å². The summed E-state index contributed by atoms with van der Waals surface area (Å²) in [5.74, 6) is 0.260. The fourth-order valence-corrected chi connectivity index (χ4v) is 3.62. The lowest BCUT2D eigenvalue weighted by atomic mass is 9.83. The van der Waals surface area contributed by atoms with Crippen LogP contribution in [0.25, 0.3) is 5.57 Å². The first-order valence-electron chi connectivity index (χ1n) is 8.29. The molecule has 0 aliphatic carbocycles. The zero-order valence-corrected chi connectivity index (χ0v) is 16.9. The van der Waals surface area contributed by atoms with E-state index in [0.717, 1.165) is 11.1 Å². The highest BCUT2D eigenvalue weighted by Gasteiger charge is 2.35. The van der Waals surface area contributed by atoms with Crippen LogP contribution in [0.15, 0.2) is 39.2 Å². The number of pyridine rings is 1. The molecule has 0 atom stereocenters. The molecule has 3 rings (SSSR count). The zero-order chi connectivity index (χ0) is 19.9. The second-order valence-corrected chi connectivity index (χ2v) is 7.69. The number of ether oxygens (including phenoxy) is 1. The van der Waals surface area contributed by atoms with Crippen molar-refractivity contribution in [2.75, 3.05) is 5.32 Å². The average Bonchev–Trinajstić information content (AvgIpc) is 2.60. The molecule has 0 saturated carbocycles. The molecule has 1 aliphatic rings. The van der Waals surface area contributed by atoms with Gasteiger partial charge in [-0.15, -0.1) is 0 Å². The highest BCUT2D eigenvalue weighted by atomic mass is 79.9. The molecule has 6 nitrogen and oxygen atoms in total. The van der Waals surface area contributed by atoms with Crippen LogP contribution >= 0.6 is 15.9 Å². The number of benzene rings is 1. The molecule has 0 unspecified atom stereocenters. The number of nitrogens with zero attached hydrogens (tertiary/aromatic N) is 1. The largest absolute Gasteiger partial charge is 0.483 e. The van der Waals surface area contributed by atoms with Crippen LogP contribution in [-0.4, -0.2) is 16.5 Å². The number of rotatable bonds is 2. The number of nitrogens with one attached hydrogen (secondary N) is 2. The van der Waals surface area contributed by atoms with Crippen LogP contribution in [0.5, 0.6) is 5.75 Å². The summed E-state index contributed by atoms with van der Waals surface area (Å²) in [6.07, 6.45) is 1.54. The third-order valence-electron chi connectivity index (χ3n) is 4.62. The van der Waals surface area contributed by atoms with Crippen molar-refractivity contribution in [2.45, 2.75) is 33.3 Å². The monoisotopic (exact) mass is 427 g/mol. The van der Waals surface area contributed by atoms with Crippen molar-refractivity contribution in [3.05, 3.63) is 61.5 Å². The standard InChI is InChI=1S/C20H18BrN3O3/c1-10-16(17-14(21)9-23-19(26)18(17)24-11(2)25)13-7-12(8-22)5-6-15(13)27-20(10,3)4/h5-7,9H,1-4H3,(H,23,26)(H,24,25). The molecule has 0 radical (unpaired) electrons. The summed E-state index contributed by atoms with van der Waals surface area (Å²) < 4.78 is 6.73. The Labute approximate surface area is 165 Å². The van der Waals surface area contributed by atoms with Crippen LogP contribution in [0.4, 0.5) is 5.69 Å². The van der Waals surface area contributed by atoms with Crippen LogP contribution < -0.4 is 15.6 Å². The van der Waals surface area contributed by atoms with Crippen molar-refractivity contribution in [3.63, 3.8) is 0 Å². The number of H-pyrrole nitrogens is 1. The van der Waals surface area contributed by atoms with Crippen molar-refractivity contribution in [1.82, 2.24) is 4.98 Å². The topological polar surface area (TPSA) is 95.0 Å². The molecule has 138 valence electrons. The summed E-state index contributed by atoms with van der Waals surface area (Å²) in [5.41, 5.74) is 2.46. The van der Waals surface area contributed by atoms with E-state index in [1.165, 1.54) is 6.92 Å². The van der Waals surface area contributed by atoms with Gasteiger partial charge in [0.05, 0.1) is 11.6 Å². The van der Waals surface area contributed by atoms with Crippen LogP contribution in [0, 0.1) is 11.3 Å². The lowest BCUT2D eigenvalue weighted by Gasteiger charge is -2.36. The Hall–Kier alpha value is -2.85. The molecular formula is C20H18BrN3O3. The number of carbonyl (C=O) groups excluding carboxylic acids is 1. The van der Waals surface area contributed by atoms with Gasteiger partial charge in [0.2, 0.25) is 5.91 Å². The molecule has 2 N–H and O–H groups in total. The van der Waals surface area contributed by atoms with Gasteiger partial charge in [-0.2, -0.15) is 5.26 Å². The van der Waals surface area contributed by atoms with Crippen molar-refractivity contribution in [1.29, 1.82) is 5.26 Å². The van der Waals surface area contributed by atoms with Gasteiger partial charge >= 0.3 is 0 Å². The molecule has 27 heavy (non-hydrogen) atoms.